The molecule has 0 atom stereocenters. The molecule has 96 valence electrons. The van der Waals surface area contributed by atoms with Crippen molar-refractivity contribution in [2.45, 2.75) is 16.5 Å². The third kappa shape index (κ3) is 2.72. The molecule has 18 heavy (non-hydrogen) atoms. The van der Waals surface area contributed by atoms with E-state index in [2.05, 4.69) is 36.1 Å². The second kappa shape index (κ2) is 4.72. The lowest BCUT2D eigenvalue weighted by atomic mass is 10.6. The van der Waals surface area contributed by atoms with Crippen molar-refractivity contribution in [2.24, 2.45) is 0 Å². The van der Waals surface area contributed by atoms with Crippen LogP contribution in [-0.4, -0.2) is 24.8 Å². The highest BCUT2D eigenvalue weighted by atomic mass is 79.9. The molecular formula is C7H4BrF3N6S. The molecule has 0 amide bonds. The SMILES string of the molecule is Nn1c(Sc2ncc(Br)cn2)nnc1C(F)(F)F. The largest absolute Gasteiger partial charge is 0.453 e. The van der Waals surface area contributed by atoms with Crippen LogP contribution in [0.1, 0.15) is 5.82 Å². The number of alkyl halides is 3. The second-order valence-electron chi connectivity index (χ2n) is 2.96. The maximum Gasteiger partial charge on any atom is 0.453 e. The van der Waals surface area contributed by atoms with E-state index in [0.29, 0.717) is 9.15 Å². The molecule has 0 aliphatic heterocycles. The zero-order valence-corrected chi connectivity index (χ0v) is 10.8. The molecule has 2 aromatic rings. The summed E-state index contributed by atoms with van der Waals surface area (Å²) in [6.45, 7) is 0. The van der Waals surface area contributed by atoms with Gasteiger partial charge in [-0.3, -0.25) is 0 Å². The summed E-state index contributed by atoms with van der Waals surface area (Å²) in [6.07, 6.45) is -1.74. The van der Waals surface area contributed by atoms with Gasteiger partial charge in [-0.25, -0.2) is 14.6 Å². The van der Waals surface area contributed by atoms with Gasteiger partial charge in [0, 0.05) is 12.4 Å². The molecule has 0 spiro atoms. The lowest BCUT2D eigenvalue weighted by Gasteiger charge is -2.05. The summed E-state index contributed by atoms with van der Waals surface area (Å²) in [6, 6.07) is 0. The minimum atomic E-state index is -4.65. The molecule has 6 nitrogen and oxygen atoms in total. The average Bonchev–Trinajstić information content (AvgIpc) is 2.63. The van der Waals surface area contributed by atoms with E-state index in [9.17, 15) is 13.2 Å². The van der Waals surface area contributed by atoms with E-state index < -0.39 is 12.0 Å². The Labute approximate surface area is 111 Å². The van der Waals surface area contributed by atoms with E-state index in [1.54, 1.807) is 0 Å². The molecule has 2 heterocycles. The van der Waals surface area contributed by atoms with Gasteiger partial charge >= 0.3 is 6.18 Å². The summed E-state index contributed by atoms with van der Waals surface area (Å²) in [4.78, 5) is 7.75. The normalized spacial score (nSPS) is 11.8. The quantitative estimate of drug-likeness (QED) is 0.662. The lowest BCUT2D eigenvalue weighted by Crippen LogP contribution is -2.21. The fraction of sp³-hybridized carbons (Fsp3) is 0.143. The summed E-state index contributed by atoms with van der Waals surface area (Å²) in [5, 5.41) is 6.38. The Kier molecular flexibility index (Phi) is 3.43. The molecule has 0 aromatic carbocycles. The van der Waals surface area contributed by atoms with Crippen LogP contribution in [0.15, 0.2) is 27.2 Å². The van der Waals surface area contributed by atoms with E-state index >= 15 is 0 Å². The number of rotatable bonds is 2. The molecule has 0 fully saturated rings. The van der Waals surface area contributed by atoms with Crippen molar-refractivity contribution in [3.63, 3.8) is 0 Å². The smallest absolute Gasteiger partial charge is 0.335 e. The van der Waals surface area contributed by atoms with Gasteiger partial charge in [-0.05, 0) is 27.7 Å². The summed E-state index contributed by atoms with van der Waals surface area (Å²) in [5.74, 6) is 3.98. The van der Waals surface area contributed by atoms with Crippen molar-refractivity contribution in [3.8, 4) is 0 Å². The highest BCUT2D eigenvalue weighted by Crippen LogP contribution is 2.30. The summed E-state index contributed by atoms with van der Waals surface area (Å²) in [5.41, 5.74) is 0. The van der Waals surface area contributed by atoms with Gasteiger partial charge in [0.15, 0.2) is 5.16 Å². The average molecular weight is 341 g/mol. The van der Waals surface area contributed by atoms with Gasteiger partial charge in [-0.1, -0.05) is 0 Å². The zero-order chi connectivity index (χ0) is 13.3. The maximum atomic E-state index is 12.4. The molecule has 0 saturated carbocycles. The number of hydrogen-bond donors (Lipinski definition) is 1. The first kappa shape index (κ1) is 13.1. The standard InChI is InChI=1S/C7H4BrF3N6S/c8-3-1-13-5(14-2-3)18-6-16-15-4(17(6)12)7(9,10)11/h1-2H,12H2. The van der Waals surface area contributed by atoms with Gasteiger partial charge in [-0.2, -0.15) is 13.2 Å². The third-order valence-electron chi connectivity index (χ3n) is 1.70. The number of nitrogens with zero attached hydrogens (tertiary/aromatic N) is 5. The van der Waals surface area contributed by atoms with Crippen molar-refractivity contribution in [1.29, 1.82) is 0 Å². The predicted molar refractivity (Wildman–Crippen MR) is 59.0 cm³/mol. The van der Waals surface area contributed by atoms with Gasteiger partial charge in [0.1, 0.15) is 0 Å². The first-order valence-electron chi connectivity index (χ1n) is 4.31. The van der Waals surface area contributed by atoms with Gasteiger partial charge in [0.2, 0.25) is 5.16 Å². The number of nitrogen functional groups attached to an aromatic ring is 1. The lowest BCUT2D eigenvalue weighted by molar-refractivity contribution is -0.146. The first-order valence-corrected chi connectivity index (χ1v) is 5.92. The monoisotopic (exact) mass is 340 g/mol. The van der Waals surface area contributed by atoms with E-state index in [1.807, 2.05) is 0 Å². The van der Waals surface area contributed by atoms with Gasteiger partial charge in [-0.15, -0.1) is 10.2 Å². The fourth-order valence-corrected chi connectivity index (χ4v) is 1.82. The van der Waals surface area contributed by atoms with E-state index in [0.717, 1.165) is 11.8 Å². The maximum absolute atomic E-state index is 12.4. The topological polar surface area (TPSA) is 82.5 Å². The Morgan fingerprint density at radius 1 is 1.22 bits per heavy atom. The molecule has 0 unspecified atom stereocenters. The van der Waals surface area contributed by atoms with Crippen LogP contribution in [0, 0.1) is 0 Å². The summed E-state index contributed by atoms with van der Waals surface area (Å²) >= 11 is 3.92. The Morgan fingerprint density at radius 2 is 1.83 bits per heavy atom. The number of hydrogen-bond acceptors (Lipinski definition) is 6. The number of aromatic nitrogens is 5. The van der Waals surface area contributed by atoms with Gasteiger partial charge < -0.3 is 5.84 Å². The summed E-state index contributed by atoms with van der Waals surface area (Å²) in [7, 11) is 0. The van der Waals surface area contributed by atoms with Crippen molar-refractivity contribution in [3.05, 3.63) is 22.7 Å². The van der Waals surface area contributed by atoms with Crippen LogP contribution in [-0.2, 0) is 6.18 Å². The molecule has 11 heteroatoms. The fourth-order valence-electron chi connectivity index (χ4n) is 0.975. The van der Waals surface area contributed by atoms with Crippen molar-refractivity contribution in [1.82, 2.24) is 24.8 Å². The highest BCUT2D eigenvalue weighted by Gasteiger charge is 2.38. The predicted octanol–water partition coefficient (Wildman–Crippen LogP) is 1.71. The van der Waals surface area contributed by atoms with E-state index in [-0.39, 0.29) is 10.3 Å². The molecule has 0 bridgehead atoms. The molecule has 0 aliphatic rings. The van der Waals surface area contributed by atoms with E-state index in [4.69, 9.17) is 5.84 Å². The molecule has 0 aliphatic carbocycles. The Balaban J connectivity index is 2.25. The van der Waals surface area contributed by atoms with E-state index in [1.165, 1.54) is 12.4 Å². The van der Waals surface area contributed by atoms with Crippen LogP contribution in [0.3, 0.4) is 0 Å². The minimum absolute atomic E-state index is 0.148. The number of nitrogens with two attached hydrogens (primary N) is 1. The third-order valence-corrected chi connectivity index (χ3v) is 2.96. The van der Waals surface area contributed by atoms with Crippen molar-refractivity contribution < 1.29 is 13.2 Å². The van der Waals surface area contributed by atoms with Gasteiger partial charge in [0.25, 0.3) is 5.82 Å². The van der Waals surface area contributed by atoms with Crippen LogP contribution in [0.5, 0.6) is 0 Å². The van der Waals surface area contributed by atoms with Gasteiger partial charge in [0.05, 0.1) is 4.47 Å². The molecule has 2 rings (SSSR count). The highest BCUT2D eigenvalue weighted by molar-refractivity contribution is 9.10. The Bertz CT molecular complexity index is 553. The second-order valence-corrected chi connectivity index (χ2v) is 4.81. The minimum Gasteiger partial charge on any atom is -0.335 e. The first-order chi connectivity index (χ1) is 8.38. The molecule has 0 saturated heterocycles. The molecular weight excluding hydrogens is 337 g/mol. The van der Waals surface area contributed by atoms with Crippen molar-refractivity contribution >= 4 is 27.7 Å². The van der Waals surface area contributed by atoms with Crippen LogP contribution < -0.4 is 5.84 Å². The summed E-state index contributed by atoms with van der Waals surface area (Å²) < 4.78 is 38.2. The van der Waals surface area contributed by atoms with Crippen LogP contribution >= 0.6 is 27.7 Å². The van der Waals surface area contributed by atoms with Crippen LogP contribution in [0.2, 0.25) is 0 Å². The van der Waals surface area contributed by atoms with Crippen LogP contribution in [0.4, 0.5) is 13.2 Å². The Morgan fingerprint density at radius 3 is 2.33 bits per heavy atom. The number of halogens is 4. The van der Waals surface area contributed by atoms with Crippen LogP contribution in [0.25, 0.3) is 0 Å². The molecule has 0 radical (unpaired) electrons. The molecule has 2 aromatic heterocycles. The van der Waals surface area contributed by atoms with Crippen molar-refractivity contribution in [2.75, 3.05) is 5.84 Å². The zero-order valence-electron chi connectivity index (χ0n) is 8.39. The molecule has 2 N–H and O–H groups in total. The Hall–Kier alpha value is -1.36.